The third kappa shape index (κ3) is 3.58. The number of benzene rings is 1. The van der Waals surface area contributed by atoms with Crippen molar-refractivity contribution >= 4 is 23.6 Å². The van der Waals surface area contributed by atoms with Crippen LogP contribution in [0.4, 0.5) is 0 Å². The highest BCUT2D eigenvalue weighted by atomic mass is 16.2. The Labute approximate surface area is 169 Å². The van der Waals surface area contributed by atoms with Crippen LogP contribution in [-0.4, -0.2) is 65.1 Å². The molecule has 2 atom stereocenters. The molecular formula is C21H26N4O4. The second-order valence-corrected chi connectivity index (χ2v) is 8.31. The predicted molar refractivity (Wildman–Crippen MR) is 105 cm³/mol. The summed E-state index contributed by atoms with van der Waals surface area (Å²) in [6.07, 6.45) is 0.286. The lowest BCUT2D eigenvalue weighted by Gasteiger charge is -2.38. The smallest absolute Gasteiger partial charge is 0.262 e. The van der Waals surface area contributed by atoms with Gasteiger partial charge >= 0.3 is 0 Å². The van der Waals surface area contributed by atoms with Crippen LogP contribution in [0.1, 0.15) is 53.0 Å². The fraction of sp³-hybridized carbons (Fsp3) is 0.524. The molecule has 2 N–H and O–H groups in total. The molecule has 4 rings (SSSR count). The van der Waals surface area contributed by atoms with Gasteiger partial charge in [-0.15, -0.1) is 0 Å². The summed E-state index contributed by atoms with van der Waals surface area (Å²) in [5, 5.41) is 5.65. The Bertz CT molecular complexity index is 881. The maximum atomic E-state index is 13.0. The maximum Gasteiger partial charge on any atom is 0.262 e. The quantitative estimate of drug-likeness (QED) is 0.718. The Balaban J connectivity index is 1.55. The molecular weight excluding hydrogens is 372 g/mol. The van der Waals surface area contributed by atoms with E-state index in [0.29, 0.717) is 29.6 Å². The highest BCUT2D eigenvalue weighted by Gasteiger charge is 2.44. The average Bonchev–Trinajstić information content (AvgIpc) is 2.93. The summed E-state index contributed by atoms with van der Waals surface area (Å²) < 4.78 is 0. The molecule has 2 fully saturated rings. The van der Waals surface area contributed by atoms with Crippen molar-refractivity contribution < 1.29 is 19.2 Å². The van der Waals surface area contributed by atoms with Crippen LogP contribution in [0.25, 0.3) is 0 Å². The van der Waals surface area contributed by atoms with Gasteiger partial charge in [-0.1, -0.05) is 19.9 Å². The van der Waals surface area contributed by atoms with Crippen LogP contribution in [0.2, 0.25) is 0 Å². The summed E-state index contributed by atoms with van der Waals surface area (Å²) >= 11 is 0. The summed E-state index contributed by atoms with van der Waals surface area (Å²) in [5.41, 5.74) is 1.64. The van der Waals surface area contributed by atoms with E-state index < -0.39 is 23.8 Å². The van der Waals surface area contributed by atoms with Crippen LogP contribution >= 0.6 is 0 Å². The molecule has 0 spiro atoms. The number of carbonyl (C=O) groups is 4. The number of carbonyl (C=O) groups excluding carboxylic acids is 4. The lowest BCUT2D eigenvalue weighted by molar-refractivity contribution is -0.136. The molecule has 1 aromatic carbocycles. The molecule has 0 radical (unpaired) electrons. The minimum absolute atomic E-state index is 0.120. The minimum Gasteiger partial charge on any atom is -0.314 e. The summed E-state index contributed by atoms with van der Waals surface area (Å²) in [7, 11) is 0. The zero-order valence-corrected chi connectivity index (χ0v) is 16.7. The first-order chi connectivity index (χ1) is 13.9. The molecule has 2 unspecified atom stereocenters. The van der Waals surface area contributed by atoms with Gasteiger partial charge in [0.1, 0.15) is 6.04 Å². The molecule has 8 heteroatoms. The zero-order chi connectivity index (χ0) is 20.7. The maximum absolute atomic E-state index is 13.0. The largest absolute Gasteiger partial charge is 0.314 e. The fourth-order valence-corrected chi connectivity index (χ4v) is 4.47. The van der Waals surface area contributed by atoms with Crippen molar-refractivity contribution in [1.82, 2.24) is 20.4 Å². The number of imide groups is 2. The van der Waals surface area contributed by atoms with E-state index in [4.69, 9.17) is 0 Å². The van der Waals surface area contributed by atoms with Crippen molar-refractivity contribution in [3.05, 3.63) is 34.9 Å². The van der Waals surface area contributed by atoms with Gasteiger partial charge in [-0.05, 0) is 30.0 Å². The van der Waals surface area contributed by atoms with Crippen LogP contribution in [0, 0.1) is 5.92 Å². The van der Waals surface area contributed by atoms with E-state index in [1.807, 2.05) is 6.07 Å². The first kappa shape index (κ1) is 19.7. The van der Waals surface area contributed by atoms with Crippen molar-refractivity contribution in [2.24, 2.45) is 5.92 Å². The van der Waals surface area contributed by atoms with Gasteiger partial charge in [0.2, 0.25) is 11.8 Å². The van der Waals surface area contributed by atoms with E-state index >= 15 is 0 Å². The number of hydrogen-bond acceptors (Lipinski definition) is 6. The highest BCUT2D eigenvalue weighted by Crippen LogP contribution is 2.29. The first-order valence-corrected chi connectivity index (χ1v) is 10.2. The van der Waals surface area contributed by atoms with E-state index in [-0.39, 0.29) is 18.7 Å². The van der Waals surface area contributed by atoms with Gasteiger partial charge in [0.05, 0.1) is 11.1 Å². The first-order valence-electron chi connectivity index (χ1n) is 10.2. The molecule has 29 heavy (non-hydrogen) atoms. The molecule has 1 aromatic rings. The second kappa shape index (κ2) is 7.68. The third-order valence-corrected chi connectivity index (χ3v) is 6.06. The van der Waals surface area contributed by atoms with E-state index in [0.717, 1.165) is 30.1 Å². The van der Waals surface area contributed by atoms with Crippen molar-refractivity contribution in [2.45, 2.75) is 45.3 Å². The Morgan fingerprint density at radius 1 is 1.10 bits per heavy atom. The van der Waals surface area contributed by atoms with E-state index in [1.54, 1.807) is 12.1 Å². The van der Waals surface area contributed by atoms with Crippen LogP contribution in [-0.2, 0) is 16.1 Å². The summed E-state index contributed by atoms with van der Waals surface area (Å²) in [6, 6.07) is 4.83. The Hall–Kier alpha value is -2.58. The van der Waals surface area contributed by atoms with Crippen LogP contribution < -0.4 is 10.6 Å². The number of piperidine rings is 1. The van der Waals surface area contributed by atoms with Crippen LogP contribution in [0.15, 0.2) is 18.2 Å². The minimum atomic E-state index is -0.929. The Morgan fingerprint density at radius 3 is 2.59 bits per heavy atom. The molecule has 3 aliphatic rings. The Morgan fingerprint density at radius 2 is 1.86 bits per heavy atom. The average molecular weight is 398 g/mol. The number of amides is 4. The summed E-state index contributed by atoms with van der Waals surface area (Å²) in [4.78, 5) is 52.7. The van der Waals surface area contributed by atoms with Gasteiger partial charge in [0.25, 0.3) is 11.8 Å². The highest BCUT2D eigenvalue weighted by molar-refractivity contribution is 6.23. The van der Waals surface area contributed by atoms with Gasteiger partial charge in [-0.2, -0.15) is 0 Å². The number of nitrogens with zero attached hydrogens (tertiary/aromatic N) is 2. The molecule has 4 amide bonds. The van der Waals surface area contributed by atoms with Crippen molar-refractivity contribution in [2.75, 3.05) is 19.6 Å². The van der Waals surface area contributed by atoms with E-state index in [1.165, 1.54) is 0 Å². The molecule has 8 nitrogen and oxygen atoms in total. The van der Waals surface area contributed by atoms with Gasteiger partial charge in [0.15, 0.2) is 0 Å². The fourth-order valence-electron chi connectivity index (χ4n) is 4.47. The van der Waals surface area contributed by atoms with Crippen molar-refractivity contribution in [3.8, 4) is 0 Å². The van der Waals surface area contributed by atoms with Gasteiger partial charge in [0, 0.05) is 38.6 Å². The van der Waals surface area contributed by atoms with E-state index in [2.05, 4.69) is 29.4 Å². The molecule has 3 heterocycles. The topological polar surface area (TPSA) is 98.8 Å². The molecule has 2 saturated heterocycles. The van der Waals surface area contributed by atoms with Crippen molar-refractivity contribution in [3.63, 3.8) is 0 Å². The number of piperazine rings is 1. The number of fused-ring (bicyclic) bond motifs is 1. The third-order valence-electron chi connectivity index (χ3n) is 6.06. The second-order valence-electron chi connectivity index (χ2n) is 8.31. The number of hydrogen-bond donors (Lipinski definition) is 2. The van der Waals surface area contributed by atoms with E-state index in [9.17, 15) is 19.2 Å². The molecule has 154 valence electrons. The summed E-state index contributed by atoms with van der Waals surface area (Å²) in [6.45, 7) is 7.89. The standard InChI is InChI=1S/C21H26N4O4/c1-12(2)17-10-22-7-8-24(17)11-13-3-4-14-15(9-13)21(29)25(20(14)28)16-5-6-18(26)23-19(16)27/h3-4,9,12,16-17,22H,5-8,10-11H2,1-2H3,(H,23,26,27). The van der Waals surface area contributed by atoms with Crippen LogP contribution in [0.3, 0.4) is 0 Å². The van der Waals surface area contributed by atoms with Gasteiger partial charge in [-0.25, -0.2) is 0 Å². The number of rotatable bonds is 4. The molecule has 0 saturated carbocycles. The Kier molecular flexibility index (Phi) is 5.23. The molecule has 0 aliphatic carbocycles. The lowest BCUT2D eigenvalue weighted by atomic mass is 9.99. The van der Waals surface area contributed by atoms with Crippen LogP contribution in [0.5, 0.6) is 0 Å². The van der Waals surface area contributed by atoms with Gasteiger partial charge < -0.3 is 5.32 Å². The monoisotopic (exact) mass is 398 g/mol. The lowest BCUT2D eigenvalue weighted by Crippen LogP contribution is -2.54. The normalized spacial score (nSPS) is 25.6. The van der Waals surface area contributed by atoms with Gasteiger partial charge in [-0.3, -0.25) is 34.3 Å². The summed E-state index contributed by atoms with van der Waals surface area (Å²) in [5.74, 6) is -1.38. The SMILES string of the molecule is CC(C)C1CNCCN1Cc1ccc2c(c1)C(=O)N(C1CCC(=O)NC1=O)C2=O. The van der Waals surface area contributed by atoms with Crippen molar-refractivity contribution in [1.29, 1.82) is 0 Å². The predicted octanol–water partition coefficient (Wildman–Crippen LogP) is 0.518. The molecule has 0 aromatic heterocycles. The number of nitrogens with one attached hydrogen (secondary N) is 2. The molecule has 0 bridgehead atoms. The zero-order valence-electron chi connectivity index (χ0n) is 16.7. The molecule has 3 aliphatic heterocycles.